The predicted molar refractivity (Wildman–Crippen MR) is 110 cm³/mol. The molecule has 0 aromatic heterocycles. The minimum atomic E-state index is 0.163. The van der Waals surface area contributed by atoms with Crippen molar-refractivity contribution in [3.8, 4) is 16.9 Å². The Morgan fingerprint density at radius 3 is 2.59 bits per heavy atom. The van der Waals surface area contributed by atoms with E-state index in [4.69, 9.17) is 4.74 Å². The Kier molecular flexibility index (Phi) is 6.51. The van der Waals surface area contributed by atoms with Crippen LogP contribution in [0.3, 0.4) is 0 Å². The lowest BCUT2D eigenvalue weighted by Gasteiger charge is -2.36. The van der Waals surface area contributed by atoms with E-state index in [9.17, 15) is 4.79 Å². The number of carbonyl (C=O) groups is 1. The van der Waals surface area contributed by atoms with Gasteiger partial charge in [0.2, 0.25) is 0 Å². The van der Waals surface area contributed by atoms with Gasteiger partial charge in [0.15, 0.2) is 0 Å². The van der Waals surface area contributed by atoms with Gasteiger partial charge in [-0.25, -0.2) is 0 Å². The van der Waals surface area contributed by atoms with E-state index in [2.05, 4.69) is 30.0 Å². The second kappa shape index (κ2) is 9.05. The summed E-state index contributed by atoms with van der Waals surface area (Å²) in [6.45, 7) is 1.89. The van der Waals surface area contributed by atoms with Gasteiger partial charge in [-0.1, -0.05) is 24.3 Å². The Morgan fingerprint density at radius 2 is 1.89 bits per heavy atom. The molecule has 27 heavy (non-hydrogen) atoms. The van der Waals surface area contributed by atoms with Gasteiger partial charge in [-0.05, 0) is 81.7 Å². The molecule has 4 heteroatoms. The van der Waals surface area contributed by atoms with Crippen LogP contribution >= 0.6 is 0 Å². The molecule has 1 aliphatic heterocycles. The number of hydrogen-bond acceptors (Lipinski definition) is 3. The van der Waals surface area contributed by atoms with E-state index in [0.29, 0.717) is 6.04 Å². The summed E-state index contributed by atoms with van der Waals surface area (Å²) < 4.78 is 5.30. The lowest BCUT2D eigenvalue weighted by molar-refractivity contribution is 0.0591. The van der Waals surface area contributed by atoms with Crippen LogP contribution in [-0.4, -0.2) is 56.0 Å². The van der Waals surface area contributed by atoms with Crippen molar-refractivity contribution in [3.05, 3.63) is 54.1 Å². The van der Waals surface area contributed by atoms with E-state index in [1.807, 2.05) is 42.5 Å². The van der Waals surface area contributed by atoms with Crippen molar-refractivity contribution in [3.63, 3.8) is 0 Å². The SMILES string of the molecule is COc1cccc(-c2ccc(C(=O)N3CCCC[C@H]3CCN(C)C)cc2)c1. The van der Waals surface area contributed by atoms with Gasteiger partial charge in [0.05, 0.1) is 7.11 Å². The van der Waals surface area contributed by atoms with Crippen molar-refractivity contribution in [2.45, 2.75) is 31.7 Å². The summed E-state index contributed by atoms with van der Waals surface area (Å²) in [5.41, 5.74) is 2.96. The summed E-state index contributed by atoms with van der Waals surface area (Å²) in [5.74, 6) is 1.00. The summed E-state index contributed by atoms with van der Waals surface area (Å²) in [6, 6.07) is 16.3. The number of amides is 1. The summed E-state index contributed by atoms with van der Waals surface area (Å²) in [7, 11) is 5.85. The third kappa shape index (κ3) is 4.89. The number of hydrogen-bond donors (Lipinski definition) is 0. The second-order valence-corrected chi connectivity index (χ2v) is 7.55. The molecule has 0 N–H and O–H groups in total. The number of rotatable bonds is 6. The third-order valence-corrected chi connectivity index (χ3v) is 5.33. The average Bonchev–Trinajstić information content (AvgIpc) is 2.72. The molecule has 1 saturated heterocycles. The number of carbonyl (C=O) groups excluding carboxylic acids is 1. The van der Waals surface area contributed by atoms with Gasteiger partial charge < -0.3 is 14.5 Å². The van der Waals surface area contributed by atoms with Gasteiger partial charge in [-0.2, -0.15) is 0 Å². The lowest BCUT2D eigenvalue weighted by atomic mass is 9.97. The minimum Gasteiger partial charge on any atom is -0.497 e. The summed E-state index contributed by atoms with van der Waals surface area (Å²) in [6.07, 6.45) is 4.48. The van der Waals surface area contributed by atoms with Crippen molar-refractivity contribution >= 4 is 5.91 Å². The number of benzene rings is 2. The first-order chi connectivity index (χ1) is 13.1. The van der Waals surface area contributed by atoms with Crippen LogP contribution in [0, 0.1) is 0 Å². The Labute approximate surface area is 162 Å². The first kappa shape index (κ1) is 19.4. The zero-order valence-corrected chi connectivity index (χ0v) is 16.6. The molecule has 1 heterocycles. The molecule has 0 radical (unpaired) electrons. The van der Waals surface area contributed by atoms with Crippen molar-refractivity contribution in [2.24, 2.45) is 0 Å². The number of likely N-dealkylation sites (tertiary alicyclic amines) is 1. The molecule has 1 amide bonds. The highest BCUT2D eigenvalue weighted by Gasteiger charge is 2.27. The van der Waals surface area contributed by atoms with Gasteiger partial charge in [0.25, 0.3) is 5.91 Å². The molecule has 2 aromatic rings. The second-order valence-electron chi connectivity index (χ2n) is 7.55. The smallest absolute Gasteiger partial charge is 0.254 e. The molecule has 0 aliphatic carbocycles. The fraction of sp³-hybridized carbons (Fsp3) is 0.435. The molecular weight excluding hydrogens is 336 g/mol. The summed E-state index contributed by atoms with van der Waals surface area (Å²) >= 11 is 0. The largest absolute Gasteiger partial charge is 0.497 e. The Morgan fingerprint density at radius 1 is 1.11 bits per heavy atom. The highest BCUT2D eigenvalue weighted by Crippen LogP contribution is 2.26. The molecule has 0 spiro atoms. The molecule has 2 aromatic carbocycles. The van der Waals surface area contributed by atoms with Gasteiger partial charge in [0, 0.05) is 18.2 Å². The van der Waals surface area contributed by atoms with Crippen molar-refractivity contribution in [2.75, 3.05) is 34.3 Å². The Bertz CT molecular complexity index is 755. The van der Waals surface area contributed by atoms with Gasteiger partial charge in [0.1, 0.15) is 5.75 Å². The fourth-order valence-electron chi connectivity index (χ4n) is 3.75. The lowest BCUT2D eigenvalue weighted by Crippen LogP contribution is -2.44. The first-order valence-corrected chi connectivity index (χ1v) is 9.78. The van der Waals surface area contributed by atoms with E-state index < -0.39 is 0 Å². The van der Waals surface area contributed by atoms with Crippen LogP contribution < -0.4 is 4.74 Å². The van der Waals surface area contributed by atoms with Gasteiger partial charge in [-0.15, -0.1) is 0 Å². The molecule has 0 unspecified atom stereocenters. The normalized spacial score (nSPS) is 17.2. The number of ether oxygens (including phenoxy) is 1. The molecule has 1 atom stereocenters. The van der Waals surface area contributed by atoms with Crippen molar-refractivity contribution < 1.29 is 9.53 Å². The maximum Gasteiger partial charge on any atom is 0.254 e. The Balaban J connectivity index is 1.74. The minimum absolute atomic E-state index is 0.163. The quantitative estimate of drug-likeness (QED) is 0.764. The average molecular weight is 367 g/mol. The Hall–Kier alpha value is -2.33. The molecule has 3 rings (SSSR count). The zero-order chi connectivity index (χ0) is 19.2. The highest BCUT2D eigenvalue weighted by atomic mass is 16.5. The van der Waals surface area contributed by atoms with Crippen LogP contribution in [0.15, 0.2) is 48.5 Å². The van der Waals surface area contributed by atoms with Gasteiger partial charge >= 0.3 is 0 Å². The summed E-state index contributed by atoms with van der Waals surface area (Å²) in [5, 5.41) is 0. The zero-order valence-electron chi connectivity index (χ0n) is 16.6. The van der Waals surface area contributed by atoms with E-state index in [1.54, 1.807) is 7.11 Å². The monoisotopic (exact) mass is 366 g/mol. The van der Waals surface area contributed by atoms with Crippen LogP contribution in [-0.2, 0) is 0 Å². The van der Waals surface area contributed by atoms with Crippen LogP contribution in [0.5, 0.6) is 5.75 Å². The maximum atomic E-state index is 13.1. The van der Waals surface area contributed by atoms with Gasteiger partial charge in [-0.3, -0.25) is 4.79 Å². The first-order valence-electron chi connectivity index (χ1n) is 9.78. The van der Waals surface area contributed by atoms with E-state index in [0.717, 1.165) is 54.8 Å². The molecular formula is C23H30N2O2. The van der Waals surface area contributed by atoms with Crippen molar-refractivity contribution in [1.29, 1.82) is 0 Å². The third-order valence-electron chi connectivity index (χ3n) is 5.33. The molecule has 4 nitrogen and oxygen atoms in total. The van der Waals surface area contributed by atoms with Crippen LogP contribution in [0.25, 0.3) is 11.1 Å². The molecule has 1 fully saturated rings. The highest BCUT2D eigenvalue weighted by molar-refractivity contribution is 5.95. The fourth-order valence-corrected chi connectivity index (χ4v) is 3.75. The molecule has 144 valence electrons. The van der Waals surface area contributed by atoms with Crippen LogP contribution in [0.1, 0.15) is 36.0 Å². The van der Waals surface area contributed by atoms with Crippen LogP contribution in [0.2, 0.25) is 0 Å². The molecule has 0 saturated carbocycles. The van der Waals surface area contributed by atoms with Crippen LogP contribution in [0.4, 0.5) is 0 Å². The van der Waals surface area contributed by atoms with Crippen molar-refractivity contribution in [1.82, 2.24) is 9.80 Å². The van der Waals surface area contributed by atoms with E-state index in [-0.39, 0.29) is 5.91 Å². The molecule has 0 bridgehead atoms. The van der Waals surface area contributed by atoms with E-state index in [1.165, 1.54) is 6.42 Å². The standard InChI is InChI=1S/C23H30N2O2/c1-24(2)16-14-21-8-4-5-15-25(21)23(26)19-12-10-18(11-13-19)20-7-6-9-22(17-20)27-3/h6-7,9-13,17,21H,4-5,8,14-16H2,1-3H3/t21-/m0/s1. The summed E-state index contributed by atoms with van der Waals surface area (Å²) in [4.78, 5) is 17.4. The topological polar surface area (TPSA) is 32.8 Å². The predicted octanol–water partition coefficient (Wildman–Crippen LogP) is 4.31. The number of nitrogens with zero attached hydrogens (tertiary/aromatic N) is 2. The van der Waals surface area contributed by atoms with E-state index >= 15 is 0 Å². The number of piperidine rings is 1. The molecule has 1 aliphatic rings. The number of methoxy groups -OCH3 is 1. The maximum absolute atomic E-state index is 13.1.